The first kappa shape index (κ1) is 40.8. The van der Waals surface area contributed by atoms with E-state index in [1.807, 2.05) is 48.7 Å². The number of carbonyl (C=O) groups excluding carboxylic acids is 5. The topological polar surface area (TPSA) is 172 Å². The third kappa shape index (κ3) is 7.77. The van der Waals surface area contributed by atoms with Gasteiger partial charge in [0.1, 0.15) is 11.5 Å². The Hall–Kier alpha value is -6.59. The number of carbonyl (C=O) groups is 5. The van der Waals surface area contributed by atoms with Crippen LogP contribution in [0.3, 0.4) is 0 Å². The maximum atomic E-state index is 13.3. The van der Waals surface area contributed by atoms with Crippen LogP contribution in [0.2, 0.25) is 0 Å². The normalized spacial score (nSPS) is 17.6. The Labute approximate surface area is 363 Å². The standard InChI is InChI=1S/C44H47ClN12O5/c1-51(2)42(61)35-24-34-38(28-7-5-4-6-8-28)49-43(50-39(34)56(35)45)47-36-12-10-31(25-46-36)54-20-15-29(16-21-54)52(3)26-27-13-18-53(19-14-27)30-9-11-32-33(23-30)41(60)57(40(32)59)55-22-17-37(58)48-44(55)62/h4-12,23-25,27,29H,13-22,26H2,1-3H3,(H,48,58,62)(H,46,47,49,50). The van der Waals surface area contributed by atoms with Crippen LogP contribution in [0.15, 0.2) is 72.9 Å². The van der Waals surface area contributed by atoms with Gasteiger partial charge in [0, 0.05) is 87.7 Å². The van der Waals surface area contributed by atoms with E-state index in [1.54, 1.807) is 32.3 Å². The number of urea groups is 1. The molecule has 3 aromatic heterocycles. The lowest BCUT2D eigenvalue weighted by molar-refractivity contribution is -0.122. The third-order valence-electron chi connectivity index (χ3n) is 12.4. The molecule has 0 bridgehead atoms. The van der Waals surface area contributed by atoms with E-state index in [2.05, 4.69) is 43.4 Å². The number of fused-ring (bicyclic) bond motifs is 2. The lowest BCUT2D eigenvalue weighted by Crippen LogP contribution is -2.58. The van der Waals surface area contributed by atoms with Crippen LogP contribution in [0.5, 0.6) is 0 Å². The van der Waals surface area contributed by atoms with E-state index in [-0.39, 0.29) is 30.0 Å². The van der Waals surface area contributed by atoms with Gasteiger partial charge in [0.25, 0.3) is 17.7 Å². The van der Waals surface area contributed by atoms with Crippen LogP contribution in [0.1, 0.15) is 63.3 Å². The minimum atomic E-state index is -0.772. The Bertz CT molecular complexity index is 2570. The van der Waals surface area contributed by atoms with Crippen molar-refractivity contribution in [3.63, 3.8) is 0 Å². The van der Waals surface area contributed by atoms with E-state index >= 15 is 0 Å². The quantitative estimate of drug-likeness (QED) is 0.176. The zero-order chi connectivity index (χ0) is 43.2. The zero-order valence-electron chi connectivity index (χ0n) is 34.8. The van der Waals surface area contributed by atoms with E-state index in [0.29, 0.717) is 46.1 Å². The fraction of sp³-hybridized carbons (Fsp3) is 0.364. The molecule has 2 aromatic carbocycles. The predicted molar refractivity (Wildman–Crippen MR) is 234 cm³/mol. The van der Waals surface area contributed by atoms with Crippen molar-refractivity contribution in [3.8, 4) is 11.3 Å². The van der Waals surface area contributed by atoms with Crippen LogP contribution >= 0.6 is 11.8 Å². The van der Waals surface area contributed by atoms with Gasteiger partial charge in [0.05, 0.1) is 35.2 Å². The van der Waals surface area contributed by atoms with Crippen LogP contribution in [0, 0.1) is 5.92 Å². The number of pyridine rings is 1. The summed E-state index contributed by atoms with van der Waals surface area (Å²) in [6.45, 7) is 4.49. The number of nitrogens with one attached hydrogen (secondary N) is 2. The van der Waals surface area contributed by atoms with Crippen molar-refractivity contribution in [2.75, 3.05) is 75.5 Å². The Morgan fingerprint density at radius 3 is 2.21 bits per heavy atom. The van der Waals surface area contributed by atoms with Gasteiger partial charge in [0.2, 0.25) is 11.9 Å². The largest absolute Gasteiger partial charge is 0.371 e. The molecule has 0 spiro atoms. The highest BCUT2D eigenvalue weighted by molar-refractivity contribution is 6.23. The monoisotopic (exact) mass is 858 g/mol. The van der Waals surface area contributed by atoms with Crippen LogP contribution in [0.25, 0.3) is 22.3 Å². The van der Waals surface area contributed by atoms with Crippen molar-refractivity contribution in [3.05, 3.63) is 89.7 Å². The summed E-state index contributed by atoms with van der Waals surface area (Å²) in [6.07, 6.45) is 5.98. The number of hydrazine groups is 1. The van der Waals surface area contributed by atoms with Gasteiger partial charge in [-0.25, -0.2) is 23.9 Å². The number of imide groups is 2. The number of hydrogen-bond acceptors (Lipinski definition) is 12. The number of rotatable bonds is 10. The number of amides is 6. The van der Waals surface area contributed by atoms with Gasteiger partial charge in [-0.2, -0.15) is 9.99 Å². The highest BCUT2D eigenvalue weighted by Gasteiger charge is 2.43. The molecule has 7 heterocycles. The number of benzene rings is 2. The number of nitrogens with zero attached hydrogens (tertiary/aromatic N) is 10. The van der Waals surface area contributed by atoms with E-state index in [1.165, 1.54) is 8.99 Å². The Kier molecular flexibility index (Phi) is 11.0. The van der Waals surface area contributed by atoms with Crippen molar-refractivity contribution in [1.29, 1.82) is 0 Å². The van der Waals surface area contributed by atoms with Gasteiger partial charge >= 0.3 is 6.03 Å². The number of aromatic nitrogens is 4. The maximum absolute atomic E-state index is 13.3. The molecule has 3 fully saturated rings. The lowest BCUT2D eigenvalue weighted by Gasteiger charge is -2.40. The van der Waals surface area contributed by atoms with E-state index in [9.17, 15) is 24.0 Å². The third-order valence-corrected chi connectivity index (χ3v) is 12.7. The molecule has 17 nitrogen and oxygen atoms in total. The fourth-order valence-electron chi connectivity index (χ4n) is 8.93. The van der Waals surface area contributed by atoms with Crippen LogP contribution in [0.4, 0.5) is 27.9 Å². The Balaban J connectivity index is 0.775. The second-order valence-corrected chi connectivity index (χ2v) is 16.8. The molecular weight excluding hydrogens is 812 g/mol. The molecule has 4 aliphatic heterocycles. The molecule has 0 atom stereocenters. The molecule has 18 heteroatoms. The molecule has 0 saturated carbocycles. The lowest BCUT2D eigenvalue weighted by atomic mass is 9.94. The first-order valence-electron chi connectivity index (χ1n) is 20.9. The summed E-state index contributed by atoms with van der Waals surface area (Å²) in [5, 5.41) is 7.95. The van der Waals surface area contributed by atoms with Crippen LogP contribution < -0.4 is 20.4 Å². The Morgan fingerprint density at radius 1 is 0.823 bits per heavy atom. The second kappa shape index (κ2) is 16.7. The molecule has 0 radical (unpaired) electrons. The first-order valence-corrected chi connectivity index (χ1v) is 21.2. The van der Waals surface area contributed by atoms with Gasteiger partial charge in [-0.3, -0.25) is 24.5 Å². The highest BCUT2D eigenvalue weighted by atomic mass is 35.5. The average Bonchev–Trinajstić information content (AvgIpc) is 3.74. The molecule has 0 aliphatic carbocycles. The molecule has 5 aromatic rings. The van der Waals surface area contributed by atoms with Gasteiger partial charge in [-0.05, 0) is 75.0 Å². The summed E-state index contributed by atoms with van der Waals surface area (Å²) in [4.78, 5) is 86.2. The summed E-state index contributed by atoms with van der Waals surface area (Å²) in [5.41, 5.74) is 4.68. The first-order chi connectivity index (χ1) is 29.9. The van der Waals surface area contributed by atoms with Gasteiger partial charge < -0.3 is 24.9 Å². The van der Waals surface area contributed by atoms with Crippen molar-refractivity contribution >= 4 is 75.6 Å². The van der Waals surface area contributed by atoms with E-state index < -0.39 is 23.8 Å². The van der Waals surface area contributed by atoms with Crippen LogP contribution in [-0.2, 0) is 4.79 Å². The molecule has 2 N–H and O–H groups in total. The van der Waals surface area contributed by atoms with Gasteiger partial charge in [0.15, 0.2) is 5.65 Å². The summed E-state index contributed by atoms with van der Waals surface area (Å²) in [5.74, 6) is -0.357. The number of anilines is 4. The van der Waals surface area contributed by atoms with E-state index in [0.717, 1.165) is 85.4 Å². The summed E-state index contributed by atoms with van der Waals surface area (Å²) < 4.78 is 1.28. The molecule has 62 heavy (non-hydrogen) atoms. The molecule has 9 rings (SSSR count). The fourth-order valence-corrected chi connectivity index (χ4v) is 9.18. The van der Waals surface area contributed by atoms with Gasteiger partial charge in [-0.1, -0.05) is 30.3 Å². The number of halogens is 1. The molecule has 320 valence electrons. The smallest absolute Gasteiger partial charge is 0.343 e. The van der Waals surface area contributed by atoms with Crippen molar-refractivity contribution in [2.24, 2.45) is 5.92 Å². The molecular formula is C44H47ClN12O5. The molecule has 3 saturated heterocycles. The molecule has 0 unspecified atom stereocenters. The van der Waals surface area contributed by atoms with Crippen molar-refractivity contribution in [1.82, 2.24) is 44.2 Å². The average molecular weight is 859 g/mol. The summed E-state index contributed by atoms with van der Waals surface area (Å²) in [7, 11) is 5.58. The minimum Gasteiger partial charge on any atom is -0.371 e. The summed E-state index contributed by atoms with van der Waals surface area (Å²) in [6, 6.07) is 20.4. The molecule has 6 amide bonds. The maximum Gasteiger partial charge on any atom is 0.343 e. The number of piperidine rings is 2. The minimum absolute atomic E-state index is 0.0178. The predicted octanol–water partition coefficient (Wildman–Crippen LogP) is 5.21. The number of hydrogen-bond donors (Lipinski definition) is 2. The van der Waals surface area contributed by atoms with Crippen molar-refractivity contribution < 1.29 is 24.0 Å². The summed E-state index contributed by atoms with van der Waals surface area (Å²) >= 11 is 6.68. The highest BCUT2D eigenvalue weighted by Crippen LogP contribution is 2.34. The SMILES string of the molecule is CN(C)C(=O)c1cc2c(-c3ccccc3)nc(Nc3ccc(N4CCC(N(C)CC5CCN(c6ccc7c(c6)C(=O)N(N6CCC(=O)NC6=O)C7=O)CC5)CC4)cn3)nc2n1Cl. The zero-order valence-corrected chi connectivity index (χ0v) is 35.5. The second-order valence-electron chi connectivity index (χ2n) is 16.5. The van der Waals surface area contributed by atoms with Crippen molar-refractivity contribution in [2.45, 2.75) is 38.1 Å². The van der Waals surface area contributed by atoms with Gasteiger partial charge in [-0.15, -0.1) is 0 Å². The van der Waals surface area contributed by atoms with Crippen LogP contribution in [-0.4, -0.2) is 135 Å². The Morgan fingerprint density at radius 2 is 1.52 bits per heavy atom. The van der Waals surface area contributed by atoms with E-state index in [4.69, 9.17) is 21.7 Å². The molecule has 4 aliphatic rings.